The average Bonchev–Trinajstić information content (AvgIpc) is 2.20. The number of aryl methyl sites for hydroxylation is 1. The summed E-state index contributed by atoms with van der Waals surface area (Å²) in [6, 6.07) is 5.10. The first-order valence-corrected chi connectivity index (χ1v) is 4.57. The summed E-state index contributed by atoms with van der Waals surface area (Å²) >= 11 is 0. The van der Waals surface area contributed by atoms with Crippen LogP contribution in [0.15, 0.2) is 30.4 Å². The predicted molar refractivity (Wildman–Crippen MR) is 61.0 cm³/mol. The maximum Gasteiger partial charge on any atom is 0.328 e. The Morgan fingerprint density at radius 3 is 2.69 bits per heavy atom. The maximum atomic E-state index is 11.3. The highest BCUT2D eigenvalue weighted by Crippen LogP contribution is 2.17. The standard InChI is InChI=1S/C11H12N2O3/c1-7-2-3-8(12)6-9(7)13-10(14)4-5-11(15)16/h2-6H,12H2,1H3,(H,13,14)(H,15,16)/b5-4-. The van der Waals surface area contributed by atoms with Crippen molar-refractivity contribution < 1.29 is 14.7 Å². The lowest BCUT2D eigenvalue weighted by atomic mass is 10.2. The fourth-order valence-corrected chi connectivity index (χ4v) is 1.10. The van der Waals surface area contributed by atoms with Crippen LogP contribution in [0.5, 0.6) is 0 Å². The third kappa shape index (κ3) is 3.45. The molecule has 0 radical (unpaired) electrons. The van der Waals surface area contributed by atoms with Crippen molar-refractivity contribution in [2.45, 2.75) is 6.92 Å². The van der Waals surface area contributed by atoms with Gasteiger partial charge in [-0.05, 0) is 24.6 Å². The number of carbonyl (C=O) groups is 2. The van der Waals surface area contributed by atoms with Crippen LogP contribution in [0, 0.1) is 6.92 Å². The molecule has 0 saturated heterocycles. The van der Waals surface area contributed by atoms with Crippen molar-refractivity contribution in [1.82, 2.24) is 0 Å². The monoisotopic (exact) mass is 220 g/mol. The number of carboxylic acids is 1. The molecule has 0 heterocycles. The summed E-state index contributed by atoms with van der Waals surface area (Å²) in [6.07, 6.45) is 1.72. The number of anilines is 2. The number of hydrogen-bond donors (Lipinski definition) is 3. The summed E-state index contributed by atoms with van der Waals surface area (Å²) in [5.74, 6) is -1.67. The lowest BCUT2D eigenvalue weighted by molar-refractivity contribution is -0.131. The van der Waals surface area contributed by atoms with E-state index in [9.17, 15) is 9.59 Å². The van der Waals surface area contributed by atoms with Crippen LogP contribution in [0.2, 0.25) is 0 Å². The minimum atomic E-state index is -1.17. The van der Waals surface area contributed by atoms with Crippen molar-refractivity contribution in [3.8, 4) is 0 Å². The maximum absolute atomic E-state index is 11.3. The molecule has 0 saturated carbocycles. The Morgan fingerprint density at radius 2 is 2.06 bits per heavy atom. The second kappa shape index (κ2) is 4.97. The van der Waals surface area contributed by atoms with E-state index in [1.54, 1.807) is 18.2 Å². The van der Waals surface area contributed by atoms with Gasteiger partial charge in [0, 0.05) is 23.5 Å². The Hall–Kier alpha value is -2.30. The van der Waals surface area contributed by atoms with E-state index in [1.807, 2.05) is 6.92 Å². The fourth-order valence-electron chi connectivity index (χ4n) is 1.10. The third-order valence-electron chi connectivity index (χ3n) is 1.90. The van der Waals surface area contributed by atoms with Gasteiger partial charge in [-0.3, -0.25) is 4.79 Å². The number of aliphatic carboxylic acids is 1. The van der Waals surface area contributed by atoms with Gasteiger partial charge in [0.05, 0.1) is 0 Å². The minimum Gasteiger partial charge on any atom is -0.478 e. The van der Waals surface area contributed by atoms with Gasteiger partial charge in [0.1, 0.15) is 0 Å². The largest absolute Gasteiger partial charge is 0.478 e. The number of carboxylic acid groups (broad SMARTS) is 1. The molecule has 0 bridgehead atoms. The number of nitrogen functional groups attached to an aromatic ring is 1. The van der Waals surface area contributed by atoms with E-state index in [4.69, 9.17) is 10.8 Å². The van der Waals surface area contributed by atoms with Gasteiger partial charge in [0.15, 0.2) is 0 Å². The van der Waals surface area contributed by atoms with Gasteiger partial charge in [-0.1, -0.05) is 6.07 Å². The second-order valence-corrected chi connectivity index (χ2v) is 3.24. The zero-order valence-electron chi connectivity index (χ0n) is 8.73. The van der Waals surface area contributed by atoms with Crippen molar-refractivity contribution in [2.75, 3.05) is 11.1 Å². The van der Waals surface area contributed by atoms with Crippen LogP contribution in [0.3, 0.4) is 0 Å². The van der Waals surface area contributed by atoms with Gasteiger partial charge in [-0.25, -0.2) is 4.79 Å². The van der Waals surface area contributed by atoms with E-state index >= 15 is 0 Å². The van der Waals surface area contributed by atoms with Crippen molar-refractivity contribution in [1.29, 1.82) is 0 Å². The smallest absolute Gasteiger partial charge is 0.328 e. The molecule has 0 aromatic heterocycles. The first-order valence-electron chi connectivity index (χ1n) is 4.57. The summed E-state index contributed by atoms with van der Waals surface area (Å²) in [5.41, 5.74) is 7.52. The van der Waals surface area contributed by atoms with Gasteiger partial charge in [-0.2, -0.15) is 0 Å². The van der Waals surface area contributed by atoms with Crippen LogP contribution >= 0.6 is 0 Å². The molecule has 0 spiro atoms. The molecule has 0 aliphatic carbocycles. The molecule has 1 rings (SSSR count). The van der Waals surface area contributed by atoms with Gasteiger partial charge >= 0.3 is 5.97 Å². The molecule has 0 aliphatic heterocycles. The van der Waals surface area contributed by atoms with E-state index in [0.717, 1.165) is 17.7 Å². The summed E-state index contributed by atoms with van der Waals surface area (Å²) in [7, 11) is 0. The molecule has 4 N–H and O–H groups in total. The topological polar surface area (TPSA) is 92.4 Å². The van der Waals surface area contributed by atoms with Crippen molar-refractivity contribution >= 4 is 23.3 Å². The Labute approximate surface area is 92.6 Å². The van der Waals surface area contributed by atoms with E-state index in [0.29, 0.717) is 11.4 Å². The molecule has 5 heteroatoms. The molecular weight excluding hydrogens is 208 g/mol. The Bertz CT molecular complexity index is 453. The van der Waals surface area contributed by atoms with Crippen LogP contribution < -0.4 is 11.1 Å². The molecule has 5 nitrogen and oxygen atoms in total. The minimum absolute atomic E-state index is 0.504. The molecule has 0 unspecified atom stereocenters. The first kappa shape index (κ1) is 11.8. The van der Waals surface area contributed by atoms with E-state index in [-0.39, 0.29) is 0 Å². The van der Waals surface area contributed by atoms with Crippen LogP contribution in [0.1, 0.15) is 5.56 Å². The number of nitrogens with one attached hydrogen (secondary N) is 1. The SMILES string of the molecule is Cc1ccc(N)cc1NC(=O)/C=C\C(=O)O. The molecular formula is C11H12N2O3. The van der Waals surface area contributed by atoms with Crippen LogP contribution in [0.25, 0.3) is 0 Å². The van der Waals surface area contributed by atoms with Crippen LogP contribution in [-0.2, 0) is 9.59 Å². The van der Waals surface area contributed by atoms with Gasteiger partial charge in [0.2, 0.25) is 5.91 Å². The quantitative estimate of drug-likeness (QED) is 0.526. The number of benzene rings is 1. The lowest BCUT2D eigenvalue weighted by Crippen LogP contribution is -2.10. The van der Waals surface area contributed by atoms with Gasteiger partial charge in [-0.15, -0.1) is 0 Å². The number of carbonyl (C=O) groups excluding carboxylic acids is 1. The van der Waals surface area contributed by atoms with Crippen molar-refractivity contribution in [2.24, 2.45) is 0 Å². The zero-order chi connectivity index (χ0) is 12.1. The molecule has 0 fully saturated rings. The van der Waals surface area contributed by atoms with Crippen LogP contribution in [-0.4, -0.2) is 17.0 Å². The Morgan fingerprint density at radius 1 is 1.38 bits per heavy atom. The highest BCUT2D eigenvalue weighted by Gasteiger charge is 2.02. The van der Waals surface area contributed by atoms with Crippen molar-refractivity contribution in [3.05, 3.63) is 35.9 Å². The number of amides is 1. The van der Waals surface area contributed by atoms with Gasteiger partial charge < -0.3 is 16.2 Å². The highest BCUT2D eigenvalue weighted by atomic mass is 16.4. The van der Waals surface area contributed by atoms with Gasteiger partial charge in [0.25, 0.3) is 0 Å². The van der Waals surface area contributed by atoms with Crippen molar-refractivity contribution in [3.63, 3.8) is 0 Å². The number of hydrogen-bond acceptors (Lipinski definition) is 3. The first-order chi connectivity index (χ1) is 7.49. The summed E-state index contributed by atoms with van der Waals surface area (Å²) < 4.78 is 0. The molecule has 1 aromatic rings. The Kier molecular flexibility index (Phi) is 3.66. The second-order valence-electron chi connectivity index (χ2n) is 3.24. The predicted octanol–water partition coefficient (Wildman–Crippen LogP) is 1.16. The van der Waals surface area contributed by atoms with Crippen LogP contribution in [0.4, 0.5) is 11.4 Å². The van der Waals surface area contributed by atoms with E-state index < -0.39 is 11.9 Å². The van der Waals surface area contributed by atoms with E-state index in [2.05, 4.69) is 5.32 Å². The highest BCUT2D eigenvalue weighted by molar-refractivity contribution is 6.02. The molecule has 0 aliphatic rings. The average molecular weight is 220 g/mol. The number of rotatable bonds is 3. The Balaban J connectivity index is 2.77. The molecule has 1 amide bonds. The normalized spacial score (nSPS) is 10.3. The zero-order valence-corrected chi connectivity index (χ0v) is 8.73. The molecule has 16 heavy (non-hydrogen) atoms. The summed E-state index contributed by atoms with van der Waals surface area (Å²) in [4.78, 5) is 21.5. The van der Waals surface area contributed by atoms with E-state index in [1.165, 1.54) is 0 Å². The summed E-state index contributed by atoms with van der Waals surface area (Å²) in [6.45, 7) is 1.82. The molecule has 0 atom stereocenters. The third-order valence-corrected chi connectivity index (χ3v) is 1.90. The fraction of sp³-hybridized carbons (Fsp3) is 0.0909. The number of nitrogens with two attached hydrogens (primary N) is 1. The molecule has 84 valence electrons. The lowest BCUT2D eigenvalue weighted by Gasteiger charge is -2.06. The molecule has 1 aromatic carbocycles. The summed E-state index contributed by atoms with van der Waals surface area (Å²) in [5, 5.41) is 10.9.